The van der Waals surface area contributed by atoms with Crippen LogP contribution in [0.5, 0.6) is 0 Å². The Bertz CT molecular complexity index is 852. The zero-order valence-corrected chi connectivity index (χ0v) is 15.9. The van der Waals surface area contributed by atoms with Gasteiger partial charge in [-0.25, -0.2) is 18.9 Å². The molecule has 8 heteroatoms. The van der Waals surface area contributed by atoms with Crippen molar-refractivity contribution in [2.45, 2.75) is 59.0 Å². The lowest BCUT2D eigenvalue weighted by molar-refractivity contribution is -0.139. The number of carboxylic acids is 1. The summed E-state index contributed by atoms with van der Waals surface area (Å²) in [6.45, 7) is 10.4. The molecule has 0 aliphatic heterocycles. The first kappa shape index (κ1) is 19.8. The molecule has 2 heterocycles. The van der Waals surface area contributed by atoms with Crippen molar-refractivity contribution in [1.29, 1.82) is 0 Å². The second-order valence-electron chi connectivity index (χ2n) is 7.63. The Balaban J connectivity index is 2.70. The van der Waals surface area contributed by atoms with Gasteiger partial charge in [0.1, 0.15) is 6.67 Å². The number of alkyl halides is 1. The van der Waals surface area contributed by atoms with Crippen molar-refractivity contribution < 1.29 is 19.1 Å². The van der Waals surface area contributed by atoms with Crippen LogP contribution in [-0.2, 0) is 10.3 Å². The summed E-state index contributed by atoms with van der Waals surface area (Å²) in [5.74, 6) is -2.02. The molecule has 0 saturated carbocycles. The number of hydrogen-bond donors (Lipinski definition) is 2. The maximum atomic E-state index is 12.9. The van der Waals surface area contributed by atoms with Gasteiger partial charge in [-0.3, -0.25) is 4.79 Å². The molecule has 2 aromatic rings. The van der Waals surface area contributed by atoms with E-state index in [9.17, 15) is 14.0 Å². The van der Waals surface area contributed by atoms with Crippen molar-refractivity contribution >= 4 is 22.9 Å². The quantitative estimate of drug-likeness (QED) is 0.850. The fraction of sp³-hybridized carbons (Fsp3) is 0.556. The number of carbonyl (C=O) groups excluding carboxylic acids is 1. The van der Waals surface area contributed by atoms with Crippen LogP contribution in [0.3, 0.4) is 0 Å². The number of nitrogens with zero attached hydrogens (tertiary/aromatic N) is 3. The number of nitrogens with one attached hydrogen (secondary N) is 1. The molecule has 0 aliphatic carbocycles. The molecule has 2 rings (SSSR count). The monoisotopic (exact) mass is 364 g/mol. The van der Waals surface area contributed by atoms with E-state index in [1.807, 2.05) is 34.6 Å². The number of halogens is 1. The van der Waals surface area contributed by atoms with Gasteiger partial charge in [0.2, 0.25) is 0 Å². The van der Waals surface area contributed by atoms with E-state index in [-0.39, 0.29) is 17.0 Å². The Morgan fingerprint density at radius 2 is 1.96 bits per heavy atom. The lowest BCUT2D eigenvalue weighted by Gasteiger charge is -2.20. The van der Waals surface area contributed by atoms with E-state index in [4.69, 9.17) is 5.11 Å². The maximum Gasteiger partial charge on any atom is 0.328 e. The summed E-state index contributed by atoms with van der Waals surface area (Å²) in [6.07, 6.45) is 0. The van der Waals surface area contributed by atoms with E-state index in [1.165, 1.54) is 0 Å². The third-order valence-electron chi connectivity index (χ3n) is 4.06. The summed E-state index contributed by atoms with van der Waals surface area (Å²) in [4.78, 5) is 28.4. The Hall–Kier alpha value is -2.51. The SMILES string of the molecule is Cc1nn(C(C)(C)C)c2nc(C(C)C)cc(C(=O)NC(CF)C(=O)O)c12. The fourth-order valence-electron chi connectivity index (χ4n) is 2.65. The number of carboxylic acid groups (broad SMARTS) is 1. The van der Waals surface area contributed by atoms with Gasteiger partial charge in [0.15, 0.2) is 11.7 Å². The number of aryl methyl sites for hydroxylation is 1. The van der Waals surface area contributed by atoms with Crippen LogP contribution in [-0.4, -0.2) is 44.5 Å². The molecule has 0 radical (unpaired) electrons. The van der Waals surface area contributed by atoms with Crippen LogP contribution in [0.4, 0.5) is 4.39 Å². The molecule has 1 amide bonds. The molecular formula is C18H25FN4O3. The number of amides is 1. The van der Waals surface area contributed by atoms with E-state index in [0.29, 0.717) is 22.4 Å². The molecule has 7 nitrogen and oxygen atoms in total. The minimum atomic E-state index is -1.59. The molecule has 2 aromatic heterocycles. The third-order valence-corrected chi connectivity index (χ3v) is 4.06. The molecule has 142 valence electrons. The molecular weight excluding hydrogens is 339 g/mol. The van der Waals surface area contributed by atoms with E-state index in [1.54, 1.807) is 17.7 Å². The molecule has 1 atom stereocenters. The zero-order chi connectivity index (χ0) is 19.8. The Labute approximate surface area is 151 Å². The molecule has 0 aromatic carbocycles. The summed E-state index contributed by atoms with van der Waals surface area (Å²) in [7, 11) is 0. The Kier molecular flexibility index (Phi) is 5.34. The van der Waals surface area contributed by atoms with Crippen LogP contribution in [0.1, 0.15) is 62.3 Å². The van der Waals surface area contributed by atoms with Gasteiger partial charge in [-0.15, -0.1) is 0 Å². The van der Waals surface area contributed by atoms with Gasteiger partial charge in [-0.1, -0.05) is 13.8 Å². The summed E-state index contributed by atoms with van der Waals surface area (Å²) in [5.41, 5.74) is 1.74. The van der Waals surface area contributed by atoms with Gasteiger partial charge in [-0.05, 0) is 39.7 Å². The summed E-state index contributed by atoms with van der Waals surface area (Å²) in [6, 6.07) is 0.0346. The van der Waals surface area contributed by atoms with Crippen LogP contribution >= 0.6 is 0 Å². The van der Waals surface area contributed by atoms with Crippen LogP contribution in [0.25, 0.3) is 11.0 Å². The highest BCUT2D eigenvalue weighted by Crippen LogP contribution is 2.28. The van der Waals surface area contributed by atoms with Gasteiger partial charge in [0.05, 0.1) is 22.2 Å². The number of carbonyl (C=O) groups is 2. The number of pyridine rings is 1. The fourth-order valence-corrected chi connectivity index (χ4v) is 2.65. The normalized spacial score (nSPS) is 13.2. The standard InChI is InChI=1S/C18H25FN4O3/c1-9(2)12-7-11(16(24)21-13(8-19)17(25)26)14-10(3)22-23(15(14)20-12)18(4,5)6/h7,9,13H,8H2,1-6H3,(H,21,24)(H,25,26). The molecule has 0 fully saturated rings. The van der Waals surface area contributed by atoms with Gasteiger partial charge in [0, 0.05) is 5.69 Å². The van der Waals surface area contributed by atoms with Crippen molar-refractivity contribution in [3.05, 3.63) is 23.0 Å². The first-order valence-electron chi connectivity index (χ1n) is 8.47. The second-order valence-corrected chi connectivity index (χ2v) is 7.63. The second kappa shape index (κ2) is 7.01. The van der Waals surface area contributed by atoms with Crippen molar-refractivity contribution in [1.82, 2.24) is 20.1 Å². The number of rotatable bonds is 5. The molecule has 1 unspecified atom stereocenters. The van der Waals surface area contributed by atoms with Crippen molar-refractivity contribution in [3.63, 3.8) is 0 Å². The van der Waals surface area contributed by atoms with Crippen LogP contribution in [0, 0.1) is 6.92 Å². The highest BCUT2D eigenvalue weighted by molar-refractivity contribution is 6.07. The highest BCUT2D eigenvalue weighted by atomic mass is 19.1. The molecule has 26 heavy (non-hydrogen) atoms. The minimum absolute atomic E-state index is 0.0472. The first-order valence-corrected chi connectivity index (χ1v) is 8.47. The molecule has 0 saturated heterocycles. The zero-order valence-electron chi connectivity index (χ0n) is 15.9. The third kappa shape index (κ3) is 3.68. The molecule has 0 spiro atoms. The molecule has 0 bridgehead atoms. The Morgan fingerprint density at radius 3 is 2.42 bits per heavy atom. The first-order chi connectivity index (χ1) is 12.0. The number of hydrogen-bond acceptors (Lipinski definition) is 4. The average molecular weight is 364 g/mol. The van der Waals surface area contributed by atoms with Crippen LogP contribution in [0.2, 0.25) is 0 Å². The van der Waals surface area contributed by atoms with Gasteiger partial charge in [0.25, 0.3) is 5.91 Å². The van der Waals surface area contributed by atoms with Crippen molar-refractivity contribution in [3.8, 4) is 0 Å². The molecule has 0 aliphatic rings. The Morgan fingerprint density at radius 1 is 1.35 bits per heavy atom. The smallest absolute Gasteiger partial charge is 0.328 e. The van der Waals surface area contributed by atoms with Crippen molar-refractivity contribution in [2.24, 2.45) is 0 Å². The van der Waals surface area contributed by atoms with Crippen LogP contribution < -0.4 is 5.32 Å². The minimum Gasteiger partial charge on any atom is -0.480 e. The lowest BCUT2D eigenvalue weighted by atomic mass is 10.0. The van der Waals surface area contributed by atoms with E-state index in [0.717, 1.165) is 0 Å². The predicted molar refractivity (Wildman–Crippen MR) is 96.2 cm³/mol. The average Bonchev–Trinajstić information content (AvgIpc) is 2.88. The topological polar surface area (TPSA) is 97.1 Å². The van der Waals surface area contributed by atoms with Gasteiger partial charge < -0.3 is 10.4 Å². The van der Waals surface area contributed by atoms with Crippen LogP contribution in [0.15, 0.2) is 6.07 Å². The van der Waals surface area contributed by atoms with E-state index >= 15 is 0 Å². The number of aliphatic carboxylic acids is 1. The molecule has 2 N–H and O–H groups in total. The predicted octanol–water partition coefficient (Wildman–Crippen LogP) is 2.77. The highest BCUT2D eigenvalue weighted by Gasteiger charge is 2.27. The maximum absolute atomic E-state index is 12.9. The largest absolute Gasteiger partial charge is 0.480 e. The lowest BCUT2D eigenvalue weighted by Crippen LogP contribution is -2.42. The van der Waals surface area contributed by atoms with E-state index in [2.05, 4.69) is 15.4 Å². The number of aromatic nitrogens is 3. The van der Waals surface area contributed by atoms with Crippen molar-refractivity contribution in [2.75, 3.05) is 6.67 Å². The van der Waals surface area contributed by atoms with Gasteiger partial charge in [-0.2, -0.15) is 5.10 Å². The summed E-state index contributed by atoms with van der Waals surface area (Å²) < 4.78 is 14.7. The summed E-state index contributed by atoms with van der Waals surface area (Å²) >= 11 is 0. The number of fused-ring (bicyclic) bond motifs is 1. The van der Waals surface area contributed by atoms with E-state index < -0.39 is 24.6 Å². The van der Waals surface area contributed by atoms with Gasteiger partial charge >= 0.3 is 5.97 Å². The summed E-state index contributed by atoms with van der Waals surface area (Å²) in [5, 5.41) is 16.3.